The summed E-state index contributed by atoms with van der Waals surface area (Å²) in [5.74, 6) is 0.158. The first-order valence-electron chi connectivity index (χ1n) is 4.00. The summed E-state index contributed by atoms with van der Waals surface area (Å²) in [6.07, 6.45) is 1.74. The summed E-state index contributed by atoms with van der Waals surface area (Å²) in [5.41, 5.74) is 0.392. The molecule has 0 aliphatic heterocycles. The van der Waals surface area contributed by atoms with Gasteiger partial charge in [-0.2, -0.15) is 0 Å². The molecule has 13 heavy (non-hydrogen) atoms. The largest absolute Gasteiger partial charge is 0.486 e. The van der Waals surface area contributed by atoms with Gasteiger partial charge in [-0.3, -0.25) is 4.68 Å². The van der Waals surface area contributed by atoms with E-state index in [-0.39, 0.29) is 5.95 Å². The van der Waals surface area contributed by atoms with Crippen LogP contribution in [0.4, 0.5) is 0 Å². The van der Waals surface area contributed by atoms with Crippen LogP contribution < -0.4 is 4.74 Å². The molecule has 0 radical (unpaired) electrons. The van der Waals surface area contributed by atoms with E-state index in [1.54, 1.807) is 17.9 Å². The highest BCUT2D eigenvalue weighted by Crippen LogP contribution is 2.37. The summed E-state index contributed by atoms with van der Waals surface area (Å²) in [5, 5.41) is 14.0. The quantitative estimate of drug-likeness (QED) is 0.759. The van der Waals surface area contributed by atoms with Crippen LogP contribution in [0.3, 0.4) is 0 Å². The van der Waals surface area contributed by atoms with Crippen LogP contribution in [0.25, 0.3) is 11.1 Å². The van der Waals surface area contributed by atoms with Gasteiger partial charge in [0.2, 0.25) is 5.75 Å². The molecule has 2 heterocycles. The second-order valence-electron chi connectivity index (χ2n) is 2.69. The van der Waals surface area contributed by atoms with Crippen LogP contribution >= 0.6 is 0 Å². The fraction of sp³-hybridized carbons (Fsp3) is 0.375. The minimum absolute atomic E-state index is 0.208. The standard InChI is InChI=1S/C8H10N2O3/c1-3-12-6-5-4-10(2)9-7(5)13-8(6)11/h4,11H,3H2,1-2H3. The SMILES string of the molecule is CCOc1c(O)oc2nn(C)cc12. The zero-order valence-corrected chi connectivity index (χ0v) is 7.44. The van der Waals surface area contributed by atoms with Gasteiger partial charge in [-0.25, -0.2) is 0 Å². The molecule has 0 aliphatic carbocycles. The van der Waals surface area contributed by atoms with E-state index in [9.17, 15) is 5.11 Å². The third-order valence-corrected chi connectivity index (χ3v) is 1.72. The number of nitrogens with zero attached hydrogens (tertiary/aromatic N) is 2. The summed E-state index contributed by atoms with van der Waals surface area (Å²) in [4.78, 5) is 0. The molecule has 5 heteroatoms. The Hall–Kier alpha value is -1.65. The van der Waals surface area contributed by atoms with Crippen molar-refractivity contribution in [1.29, 1.82) is 0 Å². The lowest BCUT2D eigenvalue weighted by Gasteiger charge is -1.97. The Labute approximate surface area is 74.5 Å². The molecule has 0 fully saturated rings. The topological polar surface area (TPSA) is 60.4 Å². The molecule has 2 aromatic rings. The number of aryl methyl sites for hydroxylation is 1. The van der Waals surface area contributed by atoms with Gasteiger partial charge in [-0.15, -0.1) is 5.10 Å². The van der Waals surface area contributed by atoms with Gasteiger partial charge in [0, 0.05) is 13.2 Å². The van der Waals surface area contributed by atoms with Gasteiger partial charge < -0.3 is 14.3 Å². The number of hydrogen-bond donors (Lipinski definition) is 1. The first-order chi connectivity index (χ1) is 6.22. The van der Waals surface area contributed by atoms with Crippen LogP contribution in [0, 0.1) is 0 Å². The minimum Gasteiger partial charge on any atom is -0.486 e. The average Bonchev–Trinajstić information content (AvgIpc) is 2.52. The Morgan fingerprint density at radius 3 is 3.15 bits per heavy atom. The zero-order chi connectivity index (χ0) is 9.42. The monoisotopic (exact) mass is 182 g/mol. The highest BCUT2D eigenvalue weighted by molar-refractivity contribution is 5.83. The highest BCUT2D eigenvalue weighted by Gasteiger charge is 2.17. The number of furan rings is 1. The Kier molecular flexibility index (Phi) is 1.65. The van der Waals surface area contributed by atoms with Crippen molar-refractivity contribution in [2.24, 2.45) is 7.05 Å². The van der Waals surface area contributed by atoms with Gasteiger partial charge in [0.15, 0.2) is 0 Å². The fourth-order valence-corrected chi connectivity index (χ4v) is 1.24. The third kappa shape index (κ3) is 1.12. The van der Waals surface area contributed by atoms with Gasteiger partial charge in [0.1, 0.15) is 5.39 Å². The summed E-state index contributed by atoms with van der Waals surface area (Å²) in [6.45, 7) is 2.33. The van der Waals surface area contributed by atoms with E-state index in [1.807, 2.05) is 6.92 Å². The van der Waals surface area contributed by atoms with Gasteiger partial charge in [0.05, 0.1) is 6.61 Å². The molecule has 0 aromatic carbocycles. The normalized spacial score (nSPS) is 10.9. The number of ether oxygens (including phenoxy) is 1. The van der Waals surface area contributed by atoms with E-state index in [0.29, 0.717) is 23.5 Å². The minimum atomic E-state index is -0.208. The summed E-state index contributed by atoms with van der Waals surface area (Å²) < 4.78 is 11.8. The third-order valence-electron chi connectivity index (χ3n) is 1.72. The predicted octanol–water partition coefficient (Wildman–Crippen LogP) is 1.27. The van der Waals surface area contributed by atoms with Gasteiger partial charge >= 0.3 is 5.95 Å². The van der Waals surface area contributed by atoms with Gasteiger partial charge in [-0.05, 0) is 6.92 Å². The smallest absolute Gasteiger partial charge is 0.328 e. The first-order valence-corrected chi connectivity index (χ1v) is 4.00. The van der Waals surface area contributed by atoms with Crippen molar-refractivity contribution in [3.63, 3.8) is 0 Å². The van der Waals surface area contributed by atoms with E-state index in [4.69, 9.17) is 9.15 Å². The van der Waals surface area contributed by atoms with Crippen molar-refractivity contribution in [3.8, 4) is 11.7 Å². The lowest BCUT2D eigenvalue weighted by Crippen LogP contribution is -1.90. The van der Waals surface area contributed by atoms with Crippen molar-refractivity contribution < 1.29 is 14.3 Å². The van der Waals surface area contributed by atoms with Crippen LogP contribution in [0.5, 0.6) is 11.7 Å². The van der Waals surface area contributed by atoms with Crippen molar-refractivity contribution >= 4 is 11.1 Å². The number of aromatic hydroxyl groups is 1. The molecule has 0 unspecified atom stereocenters. The molecule has 2 rings (SSSR count). The summed E-state index contributed by atoms with van der Waals surface area (Å²) >= 11 is 0. The van der Waals surface area contributed by atoms with E-state index >= 15 is 0 Å². The summed E-state index contributed by atoms with van der Waals surface area (Å²) in [7, 11) is 1.78. The van der Waals surface area contributed by atoms with Crippen LogP contribution in [-0.2, 0) is 7.05 Å². The predicted molar refractivity (Wildman–Crippen MR) is 45.8 cm³/mol. The molecule has 70 valence electrons. The molecule has 5 nitrogen and oxygen atoms in total. The van der Waals surface area contributed by atoms with Crippen molar-refractivity contribution in [2.75, 3.05) is 6.61 Å². The maximum atomic E-state index is 9.30. The van der Waals surface area contributed by atoms with Crippen molar-refractivity contribution in [1.82, 2.24) is 9.78 Å². The molecule has 1 N–H and O–H groups in total. The van der Waals surface area contributed by atoms with Crippen LogP contribution in [-0.4, -0.2) is 21.5 Å². The Balaban J connectivity index is 2.61. The van der Waals surface area contributed by atoms with Gasteiger partial charge in [0.25, 0.3) is 5.71 Å². The molecule has 0 aliphatic rings. The van der Waals surface area contributed by atoms with E-state index in [2.05, 4.69) is 5.10 Å². The molecule has 0 bridgehead atoms. The van der Waals surface area contributed by atoms with Crippen LogP contribution in [0.2, 0.25) is 0 Å². The van der Waals surface area contributed by atoms with Crippen LogP contribution in [0.1, 0.15) is 6.92 Å². The number of fused-ring (bicyclic) bond motifs is 1. The maximum absolute atomic E-state index is 9.30. The summed E-state index contributed by atoms with van der Waals surface area (Å²) in [6, 6.07) is 0. The van der Waals surface area contributed by atoms with E-state index in [0.717, 1.165) is 0 Å². The molecule has 0 amide bonds. The number of aromatic nitrogens is 2. The molecule has 2 aromatic heterocycles. The second kappa shape index (κ2) is 2.69. The highest BCUT2D eigenvalue weighted by atomic mass is 16.5. The van der Waals surface area contributed by atoms with Crippen LogP contribution in [0.15, 0.2) is 10.6 Å². The zero-order valence-electron chi connectivity index (χ0n) is 7.44. The Morgan fingerprint density at radius 2 is 2.46 bits per heavy atom. The molecular weight excluding hydrogens is 172 g/mol. The van der Waals surface area contributed by atoms with Crippen molar-refractivity contribution in [3.05, 3.63) is 6.20 Å². The Morgan fingerprint density at radius 1 is 1.69 bits per heavy atom. The number of rotatable bonds is 2. The first kappa shape index (κ1) is 7.97. The van der Waals surface area contributed by atoms with Crippen molar-refractivity contribution in [2.45, 2.75) is 6.92 Å². The fourth-order valence-electron chi connectivity index (χ4n) is 1.24. The number of hydrogen-bond acceptors (Lipinski definition) is 4. The second-order valence-corrected chi connectivity index (χ2v) is 2.69. The average molecular weight is 182 g/mol. The molecule has 0 saturated carbocycles. The molecule has 0 saturated heterocycles. The van der Waals surface area contributed by atoms with E-state index < -0.39 is 0 Å². The van der Waals surface area contributed by atoms with Gasteiger partial charge in [-0.1, -0.05) is 0 Å². The molecule has 0 atom stereocenters. The maximum Gasteiger partial charge on any atom is 0.328 e. The molecular formula is C8H10N2O3. The molecule has 0 spiro atoms. The lowest BCUT2D eigenvalue weighted by atomic mass is 10.4. The Bertz CT molecular complexity index is 430. The van der Waals surface area contributed by atoms with E-state index in [1.165, 1.54) is 0 Å². The lowest BCUT2D eigenvalue weighted by molar-refractivity contribution is 0.281.